The maximum absolute atomic E-state index is 6.25. The van der Waals surface area contributed by atoms with E-state index in [4.69, 9.17) is 16.3 Å². The van der Waals surface area contributed by atoms with E-state index in [0.29, 0.717) is 23.0 Å². The highest BCUT2D eigenvalue weighted by Crippen LogP contribution is 2.66. The Bertz CT molecular complexity index is 891. The van der Waals surface area contributed by atoms with Crippen molar-refractivity contribution < 1.29 is 4.74 Å². The third-order valence-electron chi connectivity index (χ3n) is 7.54. The van der Waals surface area contributed by atoms with Crippen molar-refractivity contribution in [1.29, 1.82) is 0 Å². The van der Waals surface area contributed by atoms with E-state index in [1.54, 1.807) is 0 Å². The molecule has 2 aromatic rings. The lowest BCUT2D eigenvalue weighted by Gasteiger charge is -2.65. The van der Waals surface area contributed by atoms with Gasteiger partial charge in [0.05, 0.1) is 0 Å². The first-order valence-electron chi connectivity index (χ1n) is 11.0. The lowest BCUT2D eigenvalue weighted by Crippen LogP contribution is -2.63. The first kappa shape index (κ1) is 19.5. The highest BCUT2D eigenvalue weighted by molar-refractivity contribution is 6.31. The maximum atomic E-state index is 6.25. The molecule has 4 aliphatic carbocycles. The summed E-state index contributed by atoms with van der Waals surface area (Å²) in [5, 5.41) is 4.79. The molecule has 0 heterocycles. The number of rotatable bonds is 6. The molecule has 2 aromatic carbocycles. The van der Waals surface area contributed by atoms with Gasteiger partial charge in [0.2, 0.25) is 0 Å². The zero-order valence-electron chi connectivity index (χ0n) is 17.6. The molecule has 29 heavy (non-hydrogen) atoms. The minimum Gasteiger partial charge on any atom is -0.489 e. The van der Waals surface area contributed by atoms with E-state index >= 15 is 0 Å². The van der Waals surface area contributed by atoms with Gasteiger partial charge in [0.15, 0.2) is 0 Å². The van der Waals surface area contributed by atoms with Gasteiger partial charge < -0.3 is 10.1 Å². The predicted molar refractivity (Wildman–Crippen MR) is 119 cm³/mol. The van der Waals surface area contributed by atoms with Crippen molar-refractivity contribution in [3.8, 4) is 5.75 Å². The second kappa shape index (κ2) is 7.03. The molecule has 3 heteroatoms. The number of halogens is 1. The minimum absolute atomic E-state index is 0.331. The van der Waals surface area contributed by atoms with Crippen LogP contribution in [0.3, 0.4) is 0 Å². The van der Waals surface area contributed by atoms with Gasteiger partial charge in [0.25, 0.3) is 0 Å². The average molecular weight is 410 g/mol. The van der Waals surface area contributed by atoms with Gasteiger partial charge in [0, 0.05) is 22.7 Å². The summed E-state index contributed by atoms with van der Waals surface area (Å²) in [5.41, 5.74) is 3.74. The fourth-order valence-electron chi connectivity index (χ4n) is 7.46. The summed E-state index contributed by atoms with van der Waals surface area (Å²) in [4.78, 5) is 0. The van der Waals surface area contributed by atoms with Gasteiger partial charge in [-0.15, -0.1) is 0 Å². The first-order chi connectivity index (χ1) is 13.8. The van der Waals surface area contributed by atoms with E-state index in [1.165, 1.54) is 44.1 Å². The summed E-state index contributed by atoms with van der Waals surface area (Å²) in [6, 6.07) is 16.4. The Kier molecular flexibility index (Phi) is 4.71. The largest absolute Gasteiger partial charge is 0.489 e. The molecule has 0 aromatic heterocycles. The zero-order chi connectivity index (χ0) is 20.1. The van der Waals surface area contributed by atoms with Crippen molar-refractivity contribution >= 4 is 11.6 Å². The summed E-state index contributed by atoms with van der Waals surface area (Å²) >= 11 is 6.25. The van der Waals surface area contributed by atoms with Crippen LogP contribution in [0.4, 0.5) is 0 Å². The Morgan fingerprint density at radius 1 is 0.966 bits per heavy atom. The summed E-state index contributed by atoms with van der Waals surface area (Å²) < 4.78 is 6.03. The van der Waals surface area contributed by atoms with Crippen molar-refractivity contribution in [2.45, 2.75) is 71.1 Å². The van der Waals surface area contributed by atoms with Gasteiger partial charge in [0.1, 0.15) is 12.4 Å². The molecule has 4 aliphatic rings. The van der Waals surface area contributed by atoms with Crippen molar-refractivity contribution in [3.05, 3.63) is 64.7 Å². The van der Waals surface area contributed by atoms with Crippen molar-refractivity contribution in [2.75, 3.05) is 0 Å². The van der Waals surface area contributed by atoms with E-state index < -0.39 is 0 Å². The summed E-state index contributed by atoms with van der Waals surface area (Å²) in [7, 11) is 0. The average Bonchev–Trinajstić information content (AvgIpc) is 2.63. The predicted octanol–water partition coefficient (Wildman–Crippen LogP) is 6.76. The SMILES string of the molecule is CC12CC3CC(C)(C1)CC(NCc1cccc(OCc4ccccc4Cl)c1)(C3)C2. The van der Waals surface area contributed by atoms with Crippen molar-refractivity contribution in [1.82, 2.24) is 5.32 Å². The van der Waals surface area contributed by atoms with Gasteiger partial charge >= 0.3 is 0 Å². The number of ether oxygens (including phenoxy) is 1. The molecule has 0 spiro atoms. The highest BCUT2D eigenvalue weighted by atomic mass is 35.5. The van der Waals surface area contributed by atoms with Crippen LogP contribution in [0.25, 0.3) is 0 Å². The molecule has 2 nitrogen and oxygen atoms in total. The minimum atomic E-state index is 0.331. The zero-order valence-corrected chi connectivity index (χ0v) is 18.4. The Balaban J connectivity index is 1.25. The van der Waals surface area contributed by atoms with Crippen LogP contribution in [0.1, 0.15) is 63.5 Å². The van der Waals surface area contributed by atoms with Crippen LogP contribution < -0.4 is 10.1 Å². The van der Waals surface area contributed by atoms with Gasteiger partial charge in [-0.2, -0.15) is 0 Å². The number of nitrogens with one attached hydrogen (secondary N) is 1. The summed E-state index contributed by atoms with van der Waals surface area (Å²) in [6.07, 6.45) is 8.35. The van der Waals surface area contributed by atoms with Gasteiger partial charge in [-0.25, -0.2) is 0 Å². The van der Waals surface area contributed by atoms with Crippen LogP contribution in [0.2, 0.25) is 5.02 Å². The molecule has 1 N–H and O–H groups in total. The van der Waals surface area contributed by atoms with Gasteiger partial charge in [-0.3, -0.25) is 0 Å². The van der Waals surface area contributed by atoms with Gasteiger partial charge in [-0.1, -0.05) is 55.8 Å². The molecule has 2 unspecified atom stereocenters. The Morgan fingerprint density at radius 3 is 2.45 bits per heavy atom. The topological polar surface area (TPSA) is 21.3 Å². The Morgan fingerprint density at radius 2 is 1.72 bits per heavy atom. The maximum Gasteiger partial charge on any atom is 0.120 e. The molecule has 0 aliphatic heterocycles. The van der Waals surface area contributed by atoms with E-state index in [-0.39, 0.29) is 0 Å². The van der Waals surface area contributed by atoms with E-state index in [9.17, 15) is 0 Å². The quantitative estimate of drug-likeness (QED) is 0.569. The molecule has 0 amide bonds. The normalized spacial score (nSPS) is 35.1. The molecular weight excluding hydrogens is 378 g/mol. The van der Waals surface area contributed by atoms with Crippen LogP contribution in [0, 0.1) is 16.7 Å². The molecule has 4 fully saturated rings. The van der Waals surface area contributed by atoms with Crippen molar-refractivity contribution in [2.24, 2.45) is 16.7 Å². The van der Waals surface area contributed by atoms with Crippen LogP contribution in [-0.4, -0.2) is 5.54 Å². The lowest BCUT2D eigenvalue weighted by molar-refractivity contribution is -0.118. The third-order valence-corrected chi connectivity index (χ3v) is 7.91. The lowest BCUT2D eigenvalue weighted by atomic mass is 9.43. The van der Waals surface area contributed by atoms with Crippen LogP contribution >= 0.6 is 11.6 Å². The standard InChI is InChI=1S/C26H32ClNO/c1-24-11-20-12-25(2,16-24)18-26(13-20,17-24)28-14-19-6-5-8-22(10-19)29-15-21-7-3-4-9-23(21)27/h3-10,20,28H,11-18H2,1-2H3. The smallest absolute Gasteiger partial charge is 0.120 e. The Hall–Kier alpha value is -1.51. The monoisotopic (exact) mass is 409 g/mol. The molecular formula is C26H32ClNO. The number of hydrogen-bond acceptors (Lipinski definition) is 2. The van der Waals surface area contributed by atoms with Crippen LogP contribution in [0.5, 0.6) is 5.75 Å². The first-order valence-corrected chi connectivity index (χ1v) is 11.4. The highest BCUT2D eigenvalue weighted by Gasteiger charge is 2.59. The second-order valence-corrected chi connectivity index (χ2v) is 11.2. The van der Waals surface area contributed by atoms with E-state index in [1.807, 2.05) is 30.3 Å². The van der Waals surface area contributed by atoms with Crippen LogP contribution in [0.15, 0.2) is 48.5 Å². The molecule has 6 rings (SSSR count). The molecule has 0 saturated heterocycles. The molecule has 154 valence electrons. The second-order valence-electron chi connectivity index (χ2n) is 10.8. The Labute approximate surface area is 180 Å². The van der Waals surface area contributed by atoms with Crippen LogP contribution in [-0.2, 0) is 13.2 Å². The summed E-state index contributed by atoms with van der Waals surface area (Å²) in [6.45, 7) is 6.49. The third kappa shape index (κ3) is 3.94. The van der Waals surface area contributed by atoms with E-state index in [2.05, 4.69) is 37.4 Å². The van der Waals surface area contributed by atoms with E-state index in [0.717, 1.165) is 28.8 Å². The number of benzene rings is 2. The summed E-state index contributed by atoms with van der Waals surface area (Å²) in [5.74, 6) is 1.83. The molecule has 0 radical (unpaired) electrons. The van der Waals surface area contributed by atoms with Gasteiger partial charge in [-0.05, 0) is 79.0 Å². The fraction of sp³-hybridized carbons (Fsp3) is 0.538. The van der Waals surface area contributed by atoms with Crippen molar-refractivity contribution in [3.63, 3.8) is 0 Å². The number of hydrogen-bond donors (Lipinski definition) is 1. The molecule has 2 atom stereocenters. The molecule has 4 saturated carbocycles. The fourth-order valence-corrected chi connectivity index (χ4v) is 7.65. The molecule has 4 bridgehead atoms.